The number of likely N-dealkylation sites (N-methyl/N-ethyl adjacent to an activating group) is 1. The summed E-state index contributed by atoms with van der Waals surface area (Å²) in [5.74, 6) is -1.31. The number of rotatable bonds is 3. The summed E-state index contributed by atoms with van der Waals surface area (Å²) in [6.07, 6.45) is 3.83. The summed E-state index contributed by atoms with van der Waals surface area (Å²) in [5.41, 5.74) is 7.36. The predicted octanol–water partition coefficient (Wildman–Crippen LogP) is 5.30. The summed E-state index contributed by atoms with van der Waals surface area (Å²) >= 11 is 0. The summed E-state index contributed by atoms with van der Waals surface area (Å²) in [6.45, 7) is 15.3. The van der Waals surface area contributed by atoms with E-state index in [1.165, 1.54) is 0 Å². The number of benzene rings is 2. The van der Waals surface area contributed by atoms with Crippen molar-refractivity contribution in [3.05, 3.63) is 69.8 Å². The first-order valence-electron chi connectivity index (χ1n) is 11.6. The first kappa shape index (κ1) is 23.5. The van der Waals surface area contributed by atoms with E-state index in [4.69, 9.17) is 0 Å². The van der Waals surface area contributed by atoms with E-state index in [1.54, 1.807) is 18.2 Å². The molecule has 0 bridgehead atoms. The predicted molar refractivity (Wildman–Crippen MR) is 137 cm³/mol. The van der Waals surface area contributed by atoms with Crippen molar-refractivity contribution in [2.45, 2.75) is 54.0 Å². The molecule has 6 heteroatoms. The lowest BCUT2D eigenvalue weighted by atomic mass is 9.86. The number of anilines is 2. The molecule has 6 nitrogen and oxygen atoms in total. The number of amides is 4. The van der Waals surface area contributed by atoms with Gasteiger partial charge in [0, 0.05) is 17.8 Å². The lowest BCUT2D eigenvalue weighted by Crippen LogP contribution is -2.54. The molecule has 0 aromatic heterocycles. The Morgan fingerprint density at radius 2 is 1.65 bits per heavy atom. The van der Waals surface area contributed by atoms with Gasteiger partial charge in [-0.15, -0.1) is 0 Å². The van der Waals surface area contributed by atoms with Crippen LogP contribution in [0, 0.1) is 20.8 Å². The first-order chi connectivity index (χ1) is 15.9. The van der Waals surface area contributed by atoms with Crippen LogP contribution < -0.4 is 15.1 Å². The van der Waals surface area contributed by atoms with Crippen LogP contribution in [-0.4, -0.2) is 29.9 Å². The molecule has 0 atom stereocenters. The molecule has 0 radical (unpaired) electrons. The monoisotopic (exact) mass is 457 g/mol. The summed E-state index contributed by atoms with van der Waals surface area (Å²) in [4.78, 5) is 42.0. The second-order valence-electron chi connectivity index (χ2n) is 9.68. The highest BCUT2D eigenvalue weighted by atomic mass is 16.2. The lowest BCUT2D eigenvalue weighted by Gasteiger charge is -2.43. The fourth-order valence-corrected chi connectivity index (χ4v) is 4.89. The molecule has 2 aromatic carbocycles. The Labute approximate surface area is 200 Å². The maximum absolute atomic E-state index is 13.4. The fraction of sp³-hybridized carbons (Fsp3) is 0.321. The molecule has 2 aliphatic heterocycles. The number of fused-ring (bicyclic) bond motifs is 1. The van der Waals surface area contributed by atoms with Gasteiger partial charge in [-0.05, 0) is 107 Å². The SMILES string of the molecule is CCN1c2cc(C)c(/C=C3/C(=O)NC(=O)N(c4ccc(C)c(C)c4)C3=O)cc2C(C)=CC1(C)C. The van der Waals surface area contributed by atoms with Crippen molar-refractivity contribution in [1.82, 2.24) is 5.32 Å². The van der Waals surface area contributed by atoms with Crippen LogP contribution in [0.2, 0.25) is 0 Å². The van der Waals surface area contributed by atoms with Gasteiger partial charge < -0.3 is 4.90 Å². The third-order valence-corrected chi connectivity index (χ3v) is 6.83. The Balaban J connectivity index is 1.80. The van der Waals surface area contributed by atoms with Crippen LogP contribution in [-0.2, 0) is 9.59 Å². The number of hydrogen-bond acceptors (Lipinski definition) is 4. The normalized spacial score (nSPS) is 18.7. The summed E-state index contributed by atoms with van der Waals surface area (Å²) in [5, 5.41) is 2.32. The van der Waals surface area contributed by atoms with Gasteiger partial charge in [0.1, 0.15) is 5.57 Å². The van der Waals surface area contributed by atoms with E-state index in [9.17, 15) is 14.4 Å². The highest BCUT2D eigenvalue weighted by Gasteiger charge is 2.37. The Morgan fingerprint density at radius 3 is 2.29 bits per heavy atom. The number of urea groups is 1. The number of allylic oxidation sites excluding steroid dienone is 1. The Kier molecular flexibility index (Phi) is 5.72. The van der Waals surface area contributed by atoms with Crippen LogP contribution in [0.4, 0.5) is 16.2 Å². The number of nitrogens with zero attached hydrogens (tertiary/aromatic N) is 2. The standard InChI is InChI=1S/C28H31N3O3/c1-8-30-24-12-18(4)20(13-22(24)19(5)15-28(30,6)7)14-23-25(32)29-27(34)31(26(23)33)21-10-9-16(2)17(3)11-21/h9-15H,8H2,1-7H3,(H,29,32,34)/b23-14-. The molecular weight excluding hydrogens is 426 g/mol. The second-order valence-corrected chi connectivity index (χ2v) is 9.68. The fourth-order valence-electron chi connectivity index (χ4n) is 4.89. The Hall–Kier alpha value is -3.67. The van der Waals surface area contributed by atoms with E-state index in [-0.39, 0.29) is 11.1 Å². The molecule has 2 heterocycles. The van der Waals surface area contributed by atoms with Gasteiger partial charge in [0.25, 0.3) is 11.8 Å². The van der Waals surface area contributed by atoms with Crippen LogP contribution in [0.15, 0.2) is 42.0 Å². The molecule has 0 spiro atoms. The molecule has 1 N–H and O–H groups in total. The van der Waals surface area contributed by atoms with E-state index in [0.717, 1.165) is 50.5 Å². The number of imide groups is 2. The number of hydrogen-bond donors (Lipinski definition) is 1. The minimum absolute atomic E-state index is 0.0639. The molecule has 0 saturated carbocycles. The number of aryl methyl sites for hydroxylation is 3. The molecule has 4 amide bonds. The number of barbiturate groups is 1. The zero-order valence-corrected chi connectivity index (χ0v) is 20.9. The van der Waals surface area contributed by atoms with Crippen molar-refractivity contribution >= 4 is 40.9 Å². The Bertz CT molecular complexity index is 1300. The van der Waals surface area contributed by atoms with Gasteiger partial charge in [0.2, 0.25) is 0 Å². The van der Waals surface area contributed by atoms with Crippen molar-refractivity contribution in [3.8, 4) is 0 Å². The van der Waals surface area contributed by atoms with Gasteiger partial charge in [0.15, 0.2) is 0 Å². The first-order valence-corrected chi connectivity index (χ1v) is 11.6. The van der Waals surface area contributed by atoms with E-state index in [2.05, 4.69) is 50.1 Å². The minimum Gasteiger partial charge on any atom is -0.363 e. The summed E-state index contributed by atoms with van der Waals surface area (Å²) in [6, 6.07) is 8.75. The third-order valence-electron chi connectivity index (χ3n) is 6.83. The van der Waals surface area contributed by atoms with Crippen molar-refractivity contribution in [2.75, 3.05) is 16.3 Å². The molecule has 0 aliphatic carbocycles. The van der Waals surface area contributed by atoms with Crippen LogP contribution in [0.25, 0.3) is 11.6 Å². The molecule has 34 heavy (non-hydrogen) atoms. The molecule has 1 fully saturated rings. The average Bonchev–Trinajstić information content (AvgIpc) is 2.73. The van der Waals surface area contributed by atoms with Gasteiger partial charge in [-0.1, -0.05) is 12.1 Å². The smallest absolute Gasteiger partial charge is 0.335 e. The van der Waals surface area contributed by atoms with Crippen LogP contribution in [0.5, 0.6) is 0 Å². The maximum Gasteiger partial charge on any atom is 0.335 e. The minimum atomic E-state index is -0.739. The molecule has 0 unspecified atom stereocenters. The van der Waals surface area contributed by atoms with E-state index in [1.807, 2.05) is 32.9 Å². The van der Waals surface area contributed by atoms with Gasteiger partial charge >= 0.3 is 6.03 Å². The lowest BCUT2D eigenvalue weighted by molar-refractivity contribution is -0.122. The largest absolute Gasteiger partial charge is 0.363 e. The molecular formula is C28H31N3O3. The van der Waals surface area contributed by atoms with Crippen LogP contribution in [0.1, 0.15) is 55.5 Å². The van der Waals surface area contributed by atoms with E-state index >= 15 is 0 Å². The summed E-state index contributed by atoms with van der Waals surface area (Å²) < 4.78 is 0. The van der Waals surface area contributed by atoms with Gasteiger partial charge in [0.05, 0.1) is 11.2 Å². The van der Waals surface area contributed by atoms with Gasteiger partial charge in [-0.25, -0.2) is 9.69 Å². The Morgan fingerprint density at radius 1 is 0.941 bits per heavy atom. The topological polar surface area (TPSA) is 69.7 Å². The van der Waals surface area contributed by atoms with Crippen LogP contribution >= 0.6 is 0 Å². The second kappa shape index (κ2) is 8.28. The zero-order valence-electron chi connectivity index (χ0n) is 20.9. The maximum atomic E-state index is 13.4. The number of carbonyl (C=O) groups is 3. The van der Waals surface area contributed by atoms with Crippen molar-refractivity contribution < 1.29 is 14.4 Å². The molecule has 176 valence electrons. The van der Waals surface area contributed by atoms with Gasteiger partial charge in [-0.3, -0.25) is 14.9 Å². The summed E-state index contributed by atoms with van der Waals surface area (Å²) in [7, 11) is 0. The highest BCUT2D eigenvalue weighted by molar-refractivity contribution is 6.39. The molecule has 2 aromatic rings. The average molecular weight is 458 g/mol. The van der Waals surface area contributed by atoms with E-state index < -0.39 is 17.8 Å². The number of nitrogens with one attached hydrogen (secondary N) is 1. The van der Waals surface area contributed by atoms with Gasteiger partial charge in [-0.2, -0.15) is 0 Å². The number of carbonyl (C=O) groups excluding carboxylic acids is 3. The quantitative estimate of drug-likeness (QED) is 0.502. The molecule has 4 rings (SSSR count). The molecule has 1 saturated heterocycles. The van der Waals surface area contributed by atoms with E-state index in [0.29, 0.717) is 5.69 Å². The molecule has 2 aliphatic rings. The zero-order chi connectivity index (χ0) is 24.9. The van der Waals surface area contributed by atoms with Crippen molar-refractivity contribution in [2.24, 2.45) is 0 Å². The van der Waals surface area contributed by atoms with Crippen molar-refractivity contribution in [3.63, 3.8) is 0 Å². The third kappa shape index (κ3) is 3.83. The van der Waals surface area contributed by atoms with Crippen molar-refractivity contribution in [1.29, 1.82) is 0 Å². The van der Waals surface area contributed by atoms with Crippen LogP contribution in [0.3, 0.4) is 0 Å². The highest BCUT2D eigenvalue weighted by Crippen LogP contribution is 2.40.